The standard InChI is InChI=1S/C19H18F3N3OS/c20-19(21,22)17-8-6-14(10-23-17)27-13-4-1-11(2-5-13)18(26)25-16-9-12-3-7-15(16)24-12/h1-2,4-6,8,10,12,15-16,24H,3,7,9H2,(H,25,26)/t12-,15+,16-/m1/s1. The van der Waals surface area contributed by atoms with Crippen molar-refractivity contribution in [3.05, 3.63) is 53.9 Å². The number of pyridine rings is 1. The molecule has 2 fully saturated rings. The summed E-state index contributed by atoms with van der Waals surface area (Å²) in [6, 6.07) is 10.5. The maximum Gasteiger partial charge on any atom is 0.433 e. The fraction of sp³-hybridized carbons (Fsp3) is 0.368. The lowest BCUT2D eigenvalue weighted by Gasteiger charge is -2.21. The first kappa shape index (κ1) is 18.3. The molecule has 4 rings (SSSR count). The van der Waals surface area contributed by atoms with Gasteiger partial charge in [0.1, 0.15) is 5.69 Å². The van der Waals surface area contributed by atoms with Gasteiger partial charge in [-0.3, -0.25) is 9.78 Å². The molecule has 8 heteroatoms. The Balaban J connectivity index is 1.36. The van der Waals surface area contributed by atoms with Crippen LogP contribution in [0.1, 0.15) is 35.3 Å². The van der Waals surface area contributed by atoms with Gasteiger partial charge in [-0.05, 0) is 55.7 Å². The molecule has 2 saturated heterocycles. The van der Waals surface area contributed by atoms with Gasteiger partial charge in [0.15, 0.2) is 0 Å². The van der Waals surface area contributed by atoms with E-state index in [1.54, 1.807) is 24.3 Å². The summed E-state index contributed by atoms with van der Waals surface area (Å²) < 4.78 is 37.7. The zero-order valence-corrected chi connectivity index (χ0v) is 15.1. The number of halogens is 3. The number of fused-ring (bicyclic) bond motifs is 2. The van der Waals surface area contributed by atoms with Gasteiger partial charge in [0, 0.05) is 39.7 Å². The molecule has 4 nitrogen and oxygen atoms in total. The van der Waals surface area contributed by atoms with E-state index in [9.17, 15) is 18.0 Å². The summed E-state index contributed by atoms with van der Waals surface area (Å²) in [4.78, 5) is 17.3. The van der Waals surface area contributed by atoms with Crippen molar-refractivity contribution in [3.63, 3.8) is 0 Å². The monoisotopic (exact) mass is 393 g/mol. The van der Waals surface area contributed by atoms with E-state index >= 15 is 0 Å². The topological polar surface area (TPSA) is 54.0 Å². The van der Waals surface area contributed by atoms with Crippen LogP contribution in [0.3, 0.4) is 0 Å². The zero-order valence-electron chi connectivity index (χ0n) is 14.3. The Hall–Kier alpha value is -2.06. The number of nitrogens with zero attached hydrogens (tertiary/aromatic N) is 1. The minimum Gasteiger partial charge on any atom is -0.348 e. The van der Waals surface area contributed by atoms with Gasteiger partial charge in [0.05, 0.1) is 0 Å². The quantitative estimate of drug-likeness (QED) is 0.828. The molecule has 2 aliphatic heterocycles. The molecule has 1 amide bonds. The van der Waals surface area contributed by atoms with Crippen molar-refractivity contribution < 1.29 is 18.0 Å². The SMILES string of the molecule is O=C(N[C@@H]1C[C@H]2CC[C@@H]1N2)c1ccc(Sc2ccc(C(F)(F)F)nc2)cc1. The Morgan fingerprint density at radius 2 is 1.85 bits per heavy atom. The lowest BCUT2D eigenvalue weighted by molar-refractivity contribution is -0.141. The van der Waals surface area contributed by atoms with E-state index in [0.717, 1.165) is 23.8 Å². The first-order chi connectivity index (χ1) is 12.9. The molecule has 1 aromatic carbocycles. The summed E-state index contributed by atoms with van der Waals surface area (Å²) >= 11 is 1.30. The fourth-order valence-corrected chi connectivity index (χ4v) is 4.44. The van der Waals surface area contributed by atoms with Crippen LogP contribution in [-0.4, -0.2) is 29.0 Å². The van der Waals surface area contributed by atoms with Crippen molar-refractivity contribution in [1.82, 2.24) is 15.6 Å². The molecule has 0 saturated carbocycles. The molecule has 2 N–H and O–H groups in total. The van der Waals surface area contributed by atoms with Crippen LogP contribution in [0.25, 0.3) is 0 Å². The van der Waals surface area contributed by atoms with Gasteiger partial charge in [-0.25, -0.2) is 0 Å². The highest BCUT2D eigenvalue weighted by Gasteiger charge is 2.39. The molecule has 1 aromatic heterocycles. The molecule has 2 aromatic rings. The Labute approximate surface area is 158 Å². The molecule has 27 heavy (non-hydrogen) atoms. The second kappa shape index (κ2) is 7.16. The van der Waals surface area contributed by atoms with Gasteiger partial charge < -0.3 is 10.6 Å². The number of carbonyl (C=O) groups excluding carboxylic acids is 1. The van der Waals surface area contributed by atoms with Crippen LogP contribution in [0, 0.1) is 0 Å². The Kier molecular flexibility index (Phi) is 4.86. The minimum absolute atomic E-state index is 0.0953. The normalized spacial score (nSPS) is 24.2. The number of hydrogen-bond donors (Lipinski definition) is 2. The van der Waals surface area contributed by atoms with Gasteiger partial charge in [0.25, 0.3) is 5.91 Å². The summed E-state index contributed by atoms with van der Waals surface area (Å²) in [6.07, 6.45) is 0.0299. The first-order valence-electron chi connectivity index (χ1n) is 8.76. The predicted octanol–water partition coefficient (Wildman–Crippen LogP) is 3.87. The highest BCUT2D eigenvalue weighted by molar-refractivity contribution is 7.99. The van der Waals surface area contributed by atoms with Gasteiger partial charge >= 0.3 is 6.18 Å². The third kappa shape index (κ3) is 4.11. The summed E-state index contributed by atoms with van der Waals surface area (Å²) in [7, 11) is 0. The maximum atomic E-state index is 12.6. The number of alkyl halides is 3. The number of nitrogens with one attached hydrogen (secondary N) is 2. The van der Waals surface area contributed by atoms with Crippen molar-refractivity contribution in [2.45, 2.75) is 53.4 Å². The highest BCUT2D eigenvalue weighted by atomic mass is 32.2. The number of amides is 1. The molecular weight excluding hydrogens is 375 g/mol. The van der Waals surface area contributed by atoms with Crippen molar-refractivity contribution in [1.29, 1.82) is 0 Å². The molecule has 0 unspecified atom stereocenters. The molecule has 0 aliphatic carbocycles. The van der Waals surface area contributed by atoms with Crippen LogP contribution in [-0.2, 0) is 6.18 Å². The average Bonchev–Trinajstić information content (AvgIpc) is 3.25. The van der Waals surface area contributed by atoms with E-state index in [1.165, 1.54) is 30.4 Å². The summed E-state index contributed by atoms with van der Waals surface area (Å²) in [5.74, 6) is -0.0953. The second-order valence-corrected chi connectivity index (χ2v) is 8.01. The average molecular weight is 393 g/mol. The molecule has 2 aliphatic rings. The summed E-state index contributed by atoms with van der Waals surface area (Å²) in [5, 5.41) is 6.58. The number of benzene rings is 1. The molecule has 2 bridgehead atoms. The van der Waals surface area contributed by atoms with Crippen LogP contribution in [0.4, 0.5) is 13.2 Å². The second-order valence-electron chi connectivity index (χ2n) is 6.87. The maximum absolute atomic E-state index is 12.6. The van der Waals surface area contributed by atoms with Crippen LogP contribution >= 0.6 is 11.8 Å². The van der Waals surface area contributed by atoms with Crippen LogP contribution in [0.15, 0.2) is 52.4 Å². The smallest absolute Gasteiger partial charge is 0.348 e. The third-order valence-electron chi connectivity index (χ3n) is 5.00. The summed E-state index contributed by atoms with van der Waals surface area (Å²) in [6.45, 7) is 0. The summed E-state index contributed by atoms with van der Waals surface area (Å²) in [5.41, 5.74) is -0.332. The Bertz CT molecular complexity index is 824. The van der Waals surface area contributed by atoms with Gasteiger partial charge in [-0.2, -0.15) is 13.2 Å². The van der Waals surface area contributed by atoms with E-state index in [2.05, 4.69) is 15.6 Å². The van der Waals surface area contributed by atoms with Crippen LogP contribution in [0.2, 0.25) is 0 Å². The van der Waals surface area contributed by atoms with Crippen LogP contribution in [0.5, 0.6) is 0 Å². The highest BCUT2D eigenvalue weighted by Crippen LogP contribution is 2.32. The van der Waals surface area contributed by atoms with E-state index < -0.39 is 11.9 Å². The van der Waals surface area contributed by atoms with Crippen molar-refractivity contribution in [3.8, 4) is 0 Å². The predicted molar refractivity (Wildman–Crippen MR) is 95.6 cm³/mol. The Morgan fingerprint density at radius 1 is 1.11 bits per heavy atom. The largest absolute Gasteiger partial charge is 0.433 e. The molecule has 142 valence electrons. The lowest BCUT2D eigenvalue weighted by Crippen LogP contribution is -2.42. The number of carbonyl (C=O) groups is 1. The Morgan fingerprint density at radius 3 is 2.41 bits per heavy atom. The van der Waals surface area contributed by atoms with Crippen LogP contribution < -0.4 is 10.6 Å². The zero-order chi connectivity index (χ0) is 19.0. The van der Waals surface area contributed by atoms with E-state index in [1.807, 2.05) is 0 Å². The number of aromatic nitrogens is 1. The molecule has 0 radical (unpaired) electrons. The van der Waals surface area contributed by atoms with E-state index in [-0.39, 0.29) is 11.9 Å². The van der Waals surface area contributed by atoms with Crippen molar-refractivity contribution in [2.75, 3.05) is 0 Å². The van der Waals surface area contributed by atoms with Gasteiger partial charge in [0.2, 0.25) is 0 Å². The third-order valence-corrected chi connectivity index (χ3v) is 5.98. The van der Waals surface area contributed by atoms with Gasteiger partial charge in [-0.15, -0.1) is 0 Å². The fourth-order valence-electron chi connectivity index (χ4n) is 3.65. The van der Waals surface area contributed by atoms with E-state index in [4.69, 9.17) is 0 Å². The van der Waals surface area contributed by atoms with E-state index in [0.29, 0.717) is 22.5 Å². The van der Waals surface area contributed by atoms with Crippen molar-refractivity contribution >= 4 is 17.7 Å². The molecule has 3 atom stereocenters. The first-order valence-corrected chi connectivity index (χ1v) is 9.58. The number of hydrogen-bond acceptors (Lipinski definition) is 4. The number of rotatable bonds is 4. The van der Waals surface area contributed by atoms with Crippen molar-refractivity contribution in [2.24, 2.45) is 0 Å². The lowest BCUT2D eigenvalue weighted by atomic mass is 9.95. The molecular formula is C19H18F3N3OS. The molecule has 0 spiro atoms. The minimum atomic E-state index is -4.44. The van der Waals surface area contributed by atoms with Gasteiger partial charge in [-0.1, -0.05) is 11.8 Å². The molecule has 3 heterocycles.